The van der Waals surface area contributed by atoms with Crippen molar-refractivity contribution in [1.29, 1.82) is 0 Å². The van der Waals surface area contributed by atoms with Gasteiger partial charge in [-0.15, -0.1) is 0 Å². The third-order valence-electron chi connectivity index (χ3n) is 10.7. The standard InChI is InChI=1S/C52H32N4OS/c1-2-12-35(13-3-1)52-55-46(30-47(56-52)38-24-25-45(54-32-38)37-14-10-26-53-31-37)36-23-22-34-21-20-33-11-4-5-15-39(33)41-17-7-9-19-50(41)58-51-29-43-40-16-6-8-18-48(40)57-49(43)28-44(51)42(34)27-36/h1-32H/b21-20-. The molecule has 0 fully saturated rings. The van der Waals surface area contributed by atoms with Crippen molar-refractivity contribution in [3.63, 3.8) is 0 Å². The molecule has 0 N–H and O–H groups in total. The molecule has 0 saturated heterocycles. The van der Waals surface area contributed by atoms with Crippen molar-refractivity contribution in [2.75, 3.05) is 0 Å². The summed E-state index contributed by atoms with van der Waals surface area (Å²) in [7, 11) is 0. The van der Waals surface area contributed by atoms with E-state index in [4.69, 9.17) is 19.4 Å². The number of nitrogens with zero attached hydrogens (tertiary/aromatic N) is 4. The van der Waals surface area contributed by atoms with Crippen LogP contribution in [0.2, 0.25) is 0 Å². The highest BCUT2D eigenvalue weighted by atomic mass is 32.2. The van der Waals surface area contributed by atoms with Crippen molar-refractivity contribution >= 4 is 45.9 Å². The minimum atomic E-state index is 0.647. The molecule has 5 heterocycles. The number of aromatic nitrogens is 4. The highest BCUT2D eigenvalue weighted by Gasteiger charge is 2.20. The van der Waals surface area contributed by atoms with Gasteiger partial charge >= 0.3 is 0 Å². The minimum Gasteiger partial charge on any atom is -0.456 e. The van der Waals surface area contributed by atoms with E-state index in [9.17, 15) is 0 Å². The predicted molar refractivity (Wildman–Crippen MR) is 237 cm³/mol. The van der Waals surface area contributed by atoms with Crippen molar-refractivity contribution in [1.82, 2.24) is 19.9 Å². The van der Waals surface area contributed by atoms with E-state index in [1.807, 2.05) is 60.9 Å². The van der Waals surface area contributed by atoms with Gasteiger partial charge in [0.15, 0.2) is 5.82 Å². The summed E-state index contributed by atoms with van der Waals surface area (Å²) in [5, 5.41) is 2.20. The number of para-hydroxylation sites is 1. The summed E-state index contributed by atoms with van der Waals surface area (Å²) >= 11 is 1.80. The molecule has 0 saturated carbocycles. The highest BCUT2D eigenvalue weighted by molar-refractivity contribution is 7.99. The predicted octanol–water partition coefficient (Wildman–Crippen LogP) is 13.8. The van der Waals surface area contributed by atoms with Crippen LogP contribution in [-0.4, -0.2) is 19.9 Å². The third-order valence-corrected chi connectivity index (χ3v) is 11.8. The first-order valence-electron chi connectivity index (χ1n) is 19.2. The molecule has 6 aromatic carbocycles. The van der Waals surface area contributed by atoms with Gasteiger partial charge in [-0.25, -0.2) is 9.97 Å². The lowest BCUT2D eigenvalue weighted by molar-refractivity contribution is 0.669. The quantitative estimate of drug-likeness (QED) is 0.178. The van der Waals surface area contributed by atoms with E-state index in [-0.39, 0.29) is 0 Å². The Morgan fingerprint density at radius 1 is 0.414 bits per heavy atom. The Kier molecular flexibility index (Phi) is 8.34. The SMILES string of the molecule is C1=C\c2ccc(-c3cc(-c4ccc(-c5cccnc5)nc4)nc(-c4ccccc4)n3)cc2-c2cc3oc4ccccc4c3cc2Sc2ccccc2-c2ccccc2/1. The van der Waals surface area contributed by atoms with Gasteiger partial charge in [0.2, 0.25) is 0 Å². The van der Waals surface area contributed by atoms with Crippen molar-refractivity contribution in [3.05, 3.63) is 194 Å². The number of rotatable bonds is 4. The van der Waals surface area contributed by atoms with Crippen LogP contribution in [0.25, 0.3) is 102 Å². The summed E-state index contributed by atoms with van der Waals surface area (Å²) in [6.45, 7) is 0. The van der Waals surface area contributed by atoms with Gasteiger partial charge < -0.3 is 4.42 Å². The maximum Gasteiger partial charge on any atom is 0.160 e. The molecular formula is C52H32N4OS. The van der Waals surface area contributed by atoms with E-state index in [0.717, 1.165) is 88.4 Å². The molecule has 1 aliphatic rings. The Balaban J connectivity index is 1.13. The zero-order valence-electron chi connectivity index (χ0n) is 31.1. The van der Waals surface area contributed by atoms with E-state index in [1.165, 1.54) is 16.0 Å². The average molecular weight is 761 g/mol. The molecule has 10 aromatic rings. The van der Waals surface area contributed by atoms with E-state index in [1.54, 1.807) is 18.0 Å². The molecule has 11 rings (SSSR count). The first-order chi connectivity index (χ1) is 28.7. The van der Waals surface area contributed by atoms with Crippen LogP contribution in [-0.2, 0) is 0 Å². The van der Waals surface area contributed by atoms with Crippen LogP contribution in [0.1, 0.15) is 11.1 Å². The molecule has 0 unspecified atom stereocenters. The van der Waals surface area contributed by atoms with Gasteiger partial charge in [0.25, 0.3) is 0 Å². The van der Waals surface area contributed by atoms with Crippen LogP contribution < -0.4 is 0 Å². The Morgan fingerprint density at radius 3 is 1.98 bits per heavy atom. The summed E-state index contributed by atoms with van der Waals surface area (Å²) < 4.78 is 6.53. The summed E-state index contributed by atoms with van der Waals surface area (Å²) in [6.07, 6.45) is 9.95. The molecular weight excluding hydrogens is 729 g/mol. The van der Waals surface area contributed by atoms with Gasteiger partial charge in [-0.2, -0.15) is 0 Å². The molecule has 0 bridgehead atoms. The number of pyridine rings is 2. The molecule has 4 aromatic heterocycles. The lowest BCUT2D eigenvalue weighted by atomic mass is 9.93. The van der Waals surface area contributed by atoms with Crippen molar-refractivity contribution in [2.45, 2.75) is 9.79 Å². The number of furan rings is 1. The fraction of sp³-hybridized carbons (Fsp3) is 0. The molecule has 0 radical (unpaired) electrons. The fourth-order valence-electron chi connectivity index (χ4n) is 7.79. The lowest BCUT2D eigenvalue weighted by Crippen LogP contribution is -1.97. The Labute approximate surface area is 339 Å². The second-order valence-electron chi connectivity index (χ2n) is 14.3. The molecule has 0 aliphatic carbocycles. The highest BCUT2D eigenvalue weighted by Crippen LogP contribution is 2.47. The largest absolute Gasteiger partial charge is 0.456 e. The normalized spacial score (nSPS) is 12.6. The van der Waals surface area contributed by atoms with Crippen LogP contribution in [0.3, 0.4) is 0 Å². The van der Waals surface area contributed by atoms with Crippen LogP contribution in [0.4, 0.5) is 0 Å². The van der Waals surface area contributed by atoms with Crippen LogP contribution >= 0.6 is 11.8 Å². The van der Waals surface area contributed by atoms with Gasteiger partial charge in [-0.1, -0.05) is 127 Å². The molecule has 272 valence electrons. The summed E-state index contributed by atoms with van der Waals surface area (Å²) in [6, 6.07) is 57.0. The smallest absolute Gasteiger partial charge is 0.160 e. The zero-order valence-corrected chi connectivity index (χ0v) is 31.9. The molecule has 58 heavy (non-hydrogen) atoms. The lowest BCUT2D eigenvalue weighted by Gasteiger charge is -2.16. The van der Waals surface area contributed by atoms with Crippen LogP contribution in [0.5, 0.6) is 0 Å². The third kappa shape index (κ3) is 6.17. The maximum atomic E-state index is 6.53. The van der Waals surface area contributed by atoms with Crippen molar-refractivity contribution in [3.8, 4) is 67.4 Å². The van der Waals surface area contributed by atoms with Gasteiger partial charge in [0.05, 0.1) is 17.1 Å². The minimum absolute atomic E-state index is 0.647. The molecule has 5 nitrogen and oxygen atoms in total. The second-order valence-corrected chi connectivity index (χ2v) is 15.3. The van der Waals surface area contributed by atoms with E-state index in [2.05, 4.69) is 132 Å². The van der Waals surface area contributed by atoms with Crippen molar-refractivity contribution in [2.24, 2.45) is 0 Å². The van der Waals surface area contributed by atoms with Crippen molar-refractivity contribution < 1.29 is 4.42 Å². The Morgan fingerprint density at radius 2 is 1.14 bits per heavy atom. The number of hydrogen-bond donors (Lipinski definition) is 0. The maximum absolute atomic E-state index is 6.53. The first kappa shape index (κ1) is 33.9. The monoisotopic (exact) mass is 760 g/mol. The molecule has 6 heteroatoms. The molecule has 1 aliphatic heterocycles. The molecule has 0 amide bonds. The summed E-state index contributed by atoms with van der Waals surface area (Å²) in [5.74, 6) is 0.647. The van der Waals surface area contributed by atoms with Gasteiger partial charge in [0, 0.05) is 61.4 Å². The number of hydrogen-bond acceptors (Lipinski definition) is 6. The van der Waals surface area contributed by atoms with Gasteiger partial charge in [0.1, 0.15) is 11.2 Å². The fourth-order valence-corrected chi connectivity index (χ4v) is 8.92. The van der Waals surface area contributed by atoms with Crippen LogP contribution in [0, 0.1) is 0 Å². The molecule has 0 spiro atoms. The van der Waals surface area contributed by atoms with Gasteiger partial charge in [-0.05, 0) is 94.0 Å². The topological polar surface area (TPSA) is 64.7 Å². The summed E-state index contributed by atoms with van der Waals surface area (Å²) in [5.41, 5.74) is 14.8. The van der Waals surface area contributed by atoms with Crippen LogP contribution in [0.15, 0.2) is 197 Å². The van der Waals surface area contributed by atoms with E-state index < -0.39 is 0 Å². The number of fused-ring (bicyclic) bond motifs is 9. The zero-order chi connectivity index (χ0) is 38.4. The summed E-state index contributed by atoms with van der Waals surface area (Å²) in [4.78, 5) is 21.7. The second kappa shape index (κ2) is 14.3. The first-order valence-corrected chi connectivity index (χ1v) is 20.0. The molecule has 0 atom stereocenters. The van der Waals surface area contributed by atoms with E-state index in [0.29, 0.717) is 5.82 Å². The van der Waals surface area contributed by atoms with E-state index >= 15 is 0 Å². The van der Waals surface area contributed by atoms with Gasteiger partial charge in [-0.3, -0.25) is 9.97 Å². The Hall–Kier alpha value is -7.41. The average Bonchev–Trinajstić information content (AvgIpc) is 3.65. The number of benzene rings is 6. The Bertz CT molecular complexity index is 3190.